The van der Waals surface area contributed by atoms with E-state index in [0.717, 1.165) is 22.4 Å². The molecule has 0 radical (unpaired) electrons. The number of carbonyl (C=O) groups is 1. The van der Waals surface area contributed by atoms with Crippen molar-refractivity contribution in [3.63, 3.8) is 0 Å². The summed E-state index contributed by atoms with van der Waals surface area (Å²) in [5.74, 6) is -0.589. The third-order valence-electron chi connectivity index (χ3n) is 5.29. The molecule has 148 valence electrons. The van der Waals surface area contributed by atoms with Gasteiger partial charge in [0, 0.05) is 36.9 Å². The number of nitrogens with zero attached hydrogens (tertiary/aromatic N) is 1. The first kappa shape index (κ1) is 19.1. The van der Waals surface area contributed by atoms with Gasteiger partial charge in [-0.15, -0.1) is 0 Å². The van der Waals surface area contributed by atoms with Crippen molar-refractivity contribution in [2.24, 2.45) is 0 Å². The Labute approximate surface area is 168 Å². The molecule has 0 spiro atoms. The third kappa shape index (κ3) is 3.98. The molecule has 5 nitrogen and oxygen atoms in total. The highest BCUT2D eigenvalue weighted by molar-refractivity contribution is 5.95. The van der Waals surface area contributed by atoms with Crippen LogP contribution in [0.4, 0.5) is 4.39 Å². The molecule has 6 heteroatoms. The van der Waals surface area contributed by atoms with Crippen molar-refractivity contribution in [1.29, 1.82) is 0 Å². The number of piperazine rings is 1. The summed E-state index contributed by atoms with van der Waals surface area (Å²) in [6.45, 7) is 3.35. The Kier molecular flexibility index (Phi) is 5.27. The molecule has 1 atom stereocenters. The fourth-order valence-corrected chi connectivity index (χ4v) is 3.72. The molecular weight excluding hydrogens is 369 g/mol. The summed E-state index contributed by atoms with van der Waals surface area (Å²) in [6.07, 6.45) is 0. The highest BCUT2D eigenvalue weighted by Gasteiger charge is 2.27. The van der Waals surface area contributed by atoms with Crippen LogP contribution < -0.4 is 10.9 Å². The number of aryl methyl sites for hydroxylation is 1. The predicted octanol–water partition coefficient (Wildman–Crippen LogP) is 3.28. The summed E-state index contributed by atoms with van der Waals surface area (Å²) in [7, 11) is 0. The molecule has 29 heavy (non-hydrogen) atoms. The van der Waals surface area contributed by atoms with Crippen LogP contribution in [0.15, 0.2) is 65.5 Å². The number of carbonyl (C=O) groups excluding carboxylic acids is 1. The molecule has 2 heterocycles. The fourth-order valence-electron chi connectivity index (χ4n) is 3.72. The molecule has 0 bridgehead atoms. The number of aromatic nitrogens is 1. The Morgan fingerprint density at radius 1 is 1.10 bits per heavy atom. The lowest BCUT2D eigenvalue weighted by molar-refractivity contribution is 0.0701. The van der Waals surface area contributed by atoms with Crippen LogP contribution >= 0.6 is 0 Å². The van der Waals surface area contributed by atoms with Crippen molar-refractivity contribution >= 4 is 5.91 Å². The second-order valence-corrected chi connectivity index (χ2v) is 7.23. The van der Waals surface area contributed by atoms with E-state index in [0.29, 0.717) is 19.6 Å². The molecule has 1 aliphatic rings. The Morgan fingerprint density at radius 2 is 1.83 bits per heavy atom. The fraction of sp³-hybridized carbons (Fsp3) is 0.217. The number of nitrogens with one attached hydrogen (secondary N) is 2. The first-order chi connectivity index (χ1) is 14.0. The van der Waals surface area contributed by atoms with Gasteiger partial charge in [0.05, 0.1) is 0 Å². The SMILES string of the molecule is Cc1[nH]c(=O)c(C(=O)N2CCNC(c3ccc(F)cc3)C2)cc1-c1ccccc1. The van der Waals surface area contributed by atoms with Gasteiger partial charge in [-0.1, -0.05) is 42.5 Å². The lowest BCUT2D eigenvalue weighted by atomic mass is 10.0. The molecule has 1 aliphatic heterocycles. The highest BCUT2D eigenvalue weighted by atomic mass is 19.1. The van der Waals surface area contributed by atoms with Crippen LogP contribution in [-0.4, -0.2) is 35.4 Å². The first-order valence-electron chi connectivity index (χ1n) is 9.60. The summed E-state index contributed by atoms with van der Waals surface area (Å²) >= 11 is 0. The summed E-state index contributed by atoms with van der Waals surface area (Å²) in [5.41, 5.74) is 3.16. The Hall–Kier alpha value is -3.25. The van der Waals surface area contributed by atoms with E-state index in [9.17, 15) is 14.0 Å². The number of rotatable bonds is 3. The molecular formula is C23H22FN3O2. The summed E-state index contributed by atoms with van der Waals surface area (Å²) in [4.78, 5) is 30.2. The van der Waals surface area contributed by atoms with Crippen LogP contribution in [0.1, 0.15) is 27.7 Å². The predicted molar refractivity (Wildman–Crippen MR) is 110 cm³/mol. The second-order valence-electron chi connectivity index (χ2n) is 7.23. The van der Waals surface area contributed by atoms with Crippen molar-refractivity contribution in [3.05, 3.63) is 93.7 Å². The number of hydrogen-bond donors (Lipinski definition) is 2. The number of H-pyrrole nitrogens is 1. The van der Waals surface area contributed by atoms with Crippen LogP contribution in [0.25, 0.3) is 11.1 Å². The minimum Gasteiger partial charge on any atom is -0.335 e. The van der Waals surface area contributed by atoms with Crippen molar-refractivity contribution in [1.82, 2.24) is 15.2 Å². The zero-order valence-electron chi connectivity index (χ0n) is 16.1. The average molecular weight is 391 g/mol. The van der Waals surface area contributed by atoms with E-state index >= 15 is 0 Å². The quantitative estimate of drug-likeness (QED) is 0.720. The molecule has 4 rings (SSSR count). The Bertz CT molecular complexity index is 1080. The van der Waals surface area contributed by atoms with Gasteiger partial charge in [0.25, 0.3) is 11.5 Å². The topological polar surface area (TPSA) is 65.2 Å². The second kappa shape index (κ2) is 8.01. The molecule has 1 saturated heterocycles. The van der Waals surface area contributed by atoms with Gasteiger partial charge in [-0.2, -0.15) is 0 Å². The maximum absolute atomic E-state index is 13.2. The standard InChI is InChI=1S/C23H22FN3O2/c1-15-19(16-5-3-2-4-6-16)13-20(22(28)26-15)23(29)27-12-11-25-21(14-27)17-7-9-18(24)10-8-17/h2-10,13,21,25H,11-12,14H2,1H3,(H,26,28). The molecule has 2 aromatic carbocycles. The zero-order valence-corrected chi connectivity index (χ0v) is 16.1. The van der Waals surface area contributed by atoms with Crippen LogP contribution in [0, 0.1) is 12.7 Å². The van der Waals surface area contributed by atoms with Gasteiger partial charge in [-0.25, -0.2) is 4.39 Å². The minimum absolute atomic E-state index is 0.105. The lowest BCUT2D eigenvalue weighted by Gasteiger charge is -2.34. The molecule has 0 aliphatic carbocycles. The third-order valence-corrected chi connectivity index (χ3v) is 5.29. The highest BCUT2D eigenvalue weighted by Crippen LogP contribution is 2.23. The van der Waals surface area contributed by atoms with E-state index in [-0.39, 0.29) is 28.9 Å². The van der Waals surface area contributed by atoms with Crippen LogP contribution in [-0.2, 0) is 0 Å². The summed E-state index contributed by atoms with van der Waals surface area (Å²) in [6, 6.07) is 17.5. The molecule has 1 amide bonds. The van der Waals surface area contributed by atoms with Crippen molar-refractivity contribution in [3.8, 4) is 11.1 Å². The molecule has 1 unspecified atom stereocenters. The van der Waals surface area contributed by atoms with E-state index in [4.69, 9.17) is 0 Å². The Balaban J connectivity index is 1.62. The maximum Gasteiger partial charge on any atom is 0.261 e. The van der Waals surface area contributed by atoms with Gasteiger partial charge in [0.15, 0.2) is 0 Å². The van der Waals surface area contributed by atoms with Crippen molar-refractivity contribution in [2.45, 2.75) is 13.0 Å². The number of aromatic amines is 1. The normalized spacial score (nSPS) is 16.6. The minimum atomic E-state index is -0.385. The van der Waals surface area contributed by atoms with Gasteiger partial charge in [0.1, 0.15) is 11.4 Å². The average Bonchev–Trinajstić information content (AvgIpc) is 2.75. The monoisotopic (exact) mass is 391 g/mol. The van der Waals surface area contributed by atoms with Gasteiger partial charge < -0.3 is 15.2 Å². The molecule has 1 fully saturated rings. The molecule has 2 N–H and O–H groups in total. The van der Waals surface area contributed by atoms with Crippen molar-refractivity contribution in [2.75, 3.05) is 19.6 Å². The number of pyridine rings is 1. The van der Waals surface area contributed by atoms with Gasteiger partial charge in [-0.3, -0.25) is 9.59 Å². The Morgan fingerprint density at radius 3 is 2.55 bits per heavy atom. The largest absolute Gasteiger partial charge is 0.335 e. The summed E-state index contributed by atoms with van der Waals surface area (Å²) < 4.78 is 13.2. The van der Waals surface area contributed by atoms with Gasteiger partial charge >= 0.3 is 0 Å². The summed E-state index contributed by atoms with van der Waals surface area (Å²) in [5, 5.41) is 3.35. The van der Waals surface area contributed by atoms with E-state index in [1.807, 2.05) is 37.3 Å². The molecule has 1 aromatic heterocycles. The molecule has 0 saturated carbocycles. The number of benzene rings is 2. The molecule has 3 aromatic rings. The van der Waals surface area contributed by atoms with E-state index in [1.165, 1.54) is 12.1 Å². The van der Waals surface area contributed by atoms with Crippen LogP contribution in [0.2, 0.25) is 0 Å². The van der Waals surface area contributed by atoms with E-state index in [2.05, 4.69) is 10.3 Å². The maximum atomic E-state index is 13.2. The van der Waals surface area contributed by atoms with Crippen LogP contribution in [0.3, 0.4) is 0 Å². The van der Waals surface area contributed by atoms with Crippen LogP contribution in [0.5, 0.6) is 0 Å². The van der Waals surface area contributed by atoms with E-state index in [1.54, 1.807) is 23.1 Å². The number of halogens is 1. The number of hydrogen-bond acceptors (Lipinski definition) is 3. The van der Waals surface area contributed by atoms with E-state index < -0.39 is 0 Å². The van der Waals surface area contributed by atoms with Gasteiger partial charge in [-0.05, 0) is 36.2 Å². The zero-order chi connectivity index (χ0) is 20.4. The van der Waals surface area contributed by atoms with Gasteiger partial charge in [0.2, 0.25) is 0 Å². The van der Waals surface area contributed by atoms with Crippen molar-refractivity contribution < 1.29 is 9.18 Å². The number of amides is 1. The smallest absolute Gasteiger partial charge is 0.261 e. The lowest BCUT2D eigenvalue weighted by Crippen LogP contribution is -2.49. The first-order valence-corrected chi connectivity index (χ1v) is 9.60.